The lowest BCUT2D eigenvalue weighted by Gasteiger charge is -2.11. The van der Waals surface area contributed by atoms with Crippen molar-refractivity contribution in [3.05, 3.63) is 65.5 Å². The molecular weight excluding hydrogens is 308 g/mol. The van der Waals surface area contributed by atoms with Crippen LogP contribution in [0.4, 0.5) is 0 Å². The van der Waals surface area contributed by atoms with E-state index in [1.165, 1.54) is 11.1 Å². The summed E-state index contributed by atoms with van der Waals surface area (Å²) in [4.78, 5) is 8.99. The fourth-order valence-electron chi connectivity index (χ4n) is 3.00. The molecule has 0 radical (unpaired) electrons. The van der Waals surface area contributed by atoms with E-state index in [1.807, 2.05) is 24.4 Å². The number of pyridine rings is 1. The molecule has 4 heteroatoms. The molecule has 2 aromatic rings. The van der Waals surface area contributed by atoms with Crippen LogP contribution >= 0.6 is 0 Å². The minimum atomic E-state index is 0.464. The number of rotatable bonds is 6. The molecule has 1 aliphatic carbocycles. The summed E-state index contributed by atoms with van der Waals surface area (Å²) in [5.41, 5.74) is 3.80. The minimum Gasteiger partial charge on any atom is -0.357 e. The SMILES string of the molecule is CCNC(=NCc1ccccn1)NC1CC1c1ccc(C(C)C)cc1. The average molecular weight is 336 g/mol. The molecule has 1 aromatic carbocycles. The Hall–Kier alpha value is -2.36. The van der Waals surface area contributed by atoms with Gasteiger partial charge in [-0.05, 0) is 42.5 Å². The van der Waals surface area contributed by atoms with Crippen LogP contribution in [0.5, 0.6) is 0 Å². The standard InChI is InChI=1S/C21H28N4/c1-4-22-21(24-14-18-7-5-6-12-23-18)25-20-13-19(20)17-10-8-16(9-11-17)15(2)3/h5-12,15,19-20H,4,13-14H2,1-3H3,(H2,22,24,25). The zero-order valence-electron chi connectivity index (χ0n) is 15.4. The van der Waals surface area contributed by atoms with E-state index < -0.39 is 0 Å². The molecule has 2 atom stereocenters. The van der Waals surface area contributed by atoms with Gasteiger partial charge < -0.3 is 10.6 Å². The van der Waals surface area contributed by atoms with E-state index in [2.05, 4.69) is 65.6 Å². The van der Waals surface area contributed by atoms with Crippen molar-refractivity contribution in [3.63, 3.8) is 0 Å². The molecule has 1 fully saturated rings. The Bertz CT molecular complexity index is 692. The summed E-state index contributed by atoms with van der Waals surface area (Å²) < 4.78 is 0. The van der Waals surface area contributed by atoms with E-state index in [9.17, 15) is 0 Å². The Kier molecular flexibility index (Phi) is 5.69. The van der Waals surface area contributed by atoms with Crippen molar-refractivity contribution >= 4 is 5.96 Å². The maximum Gasteiger partial charge on any atom is 0.191 e. The molecule has 4 nitrogen and oxygen atoms in total. The molecule has 2 unspecified atom stereocenters. The Morgan fingerprint density at radius 2 is 2.00 bits per heavy atom. The molecule has 1 heterocycles. The van der Waals surface area contributed by atoms with Gasteiger partial charge in [0.2, 0.25) is 0 Å². The number of aromatic nitrogens is 1. The van der Waals surface area contributed by atoms with Gasteiger partial charge in [-0.25, -0.2) is 4.99 Å². The highest BCUT2D eigenvalue weighted by Crippen LogP contribution is 2.41. The number of nitrogens with one attached hydrogen (secondary N) is 2. The van der Waals surface area contributed by atoms with E-state index in [0.29, 0.717) is 24.4 Å². The van der Waals surface area contributed by atoms with Crippen LogP contribution in [0.15, 0.2) is 53.7 Å². The zero-order valence-corrected chi connectivity index (χ0v) is 15.4. The predicted octanol–water partition coefficient (Wildman–Crippen LogP) is 3.82. The third kappa shape index (κ3) is 4.81. The first-order valence-corrected chi connectivity index (χ1v) is 9.22. The lowest BCUT2D eigenvalue weighted by molar-refractivity contribution is 0.791. The van der Waals surface area contributed by atoms with Crippen LogP contribution in [0.1, 0.15) is 55.8 Å². The first-order chi connectivity index (χ1) is 12.2. The van der Waals surface area contributed by atoms with Crippen LogP contribution in [0.3, 0.4) is 0 Å². The molecule has 2 N–H and O–H groups in total. The van der Waals surface area contributed by atoms with Crippen molar-refractivity contribution in [2.45, 2.75) is 51.6 Å². The predicted molar refractivity (Wildman–Crippen MR) is 104 cm³/mol. The second-order valence-electron chi connectivity index (χ2n) is 6.93. The van der Waals surface area contributed by atoms with Gasteiger partial charge in [-0.15, -0.1) is 0 Å². The molecule has 1 aromatic heterocycles. The molecule has 132 valence electrons. The Balaban J connectivity index is 1.58. The molecule has 3 rings (SSSR count). The minimum absolute atomic E-state index is 0.464. The highest BCUT2D eigenvalue weighted by Gasteiger charge is 2.38. The van der Waals surface area contributed by atoms with Gasteiger partial charge in [0, 0.05) is 24.7 Å². The Labute approximate surface area is 150 Å². The molecular formula is C21H28N4. The van der Waals surface area contributed by atoms with Gasteiger partial charge in [0.15, 0.2) is 5.96 Å². The fourth-order valence-corrected chi connectivity index (χ4v) is 3.00. The van der Waals surface area contributed by atoms with E-state index in [-0.39, 0.29) is 0 Å². The third-order valence-corrected chi connectivity index (χ3v) is 4.61. The number of benzene rings is 1. The van der Waals surface area contributed by atoms with Crippen molar-refractivity contribution < 1.29 is 0 Å². The lowest BCUT2D eigenvalue weighted by atomic mass is 10.0. The smallest absolute Gasteiger partial charge is 0.191 e. The third-order valence-electron chi connectivity index (χ3n) is 4.61. The number of aliphatic imine (C=N–C) groups is 1. The van der Waals surface area contributed by atoms with Crippen molar-refractivity contribution in [1.29, 1.82) is 0 Å². The summed E-state index contributed by atoms with van der Waals surface area (Å²) in [6.07, 6.45) is 2.97. The van der Waals surface area contributed by atoms with Crippen LogP contribution in [0.25, 0.3) is 0 Å². The first-order valence-electron chi connectivity index (χ1n) is 9.22. The summed E-state index contributed by atoms with van der Waals surface area (Å²) in [5, 5.41) is 6.89. The van der Waals surface area contributed by atoms with Crippen molar-refractivity contribution in [3.8, 4) is 0 Å². The van der Waals surface area contributed by atoms with Crippen LogP contribution in [-0.2, 0) is 6.54 Å². The number of hydrogen-bond acceptors (Lipinski definition) is 2. The maximum absolute atomic E-state index is 4.66. The fraction of sp³-hybridized carbons (Fsp3) is 0.429. The molecule has 1 saturated carbocycles. The number of guanidine groups is 1. The molecule has 0 saturated heterocycles. The van der Waals surface area contributed by atoms with Gasteiger partial charge >= 0.3 is 0 Å². The summed E-state index contributed by atoms with van der Waals surface area (Å²) in [6.45, 7) is 8.01. The van der Waals surface area contributed by atoms with Gasteiger partial charge in [0.25, 0.3) is 0 Å². The normalized spacial score (nSPS) is 19.8. The number of hydrogen-bond donors (Lipinski definition) is 2. The molecule has 0 spiro atoms. The molecule has 0 aliphatic heterocycles. The summed E-state index contributed by atoms with van der Waals surface area (Å²) in [7, 11) is 0. The van der Waals surface area contributed by atoms with Crippen LogP contribution in [0, 0.1) is 0 Å². The van der Waals surface area contributed by atoms with Gasteiger partial charge in [-0.2, -0.15) is 0 Å². The quantitative estimate of drug-likeness (QED) is 0.623. The Morgan fingerprint density at radius 1 is 1.20 bits per heavy atom. The molecule has 0 bridgehead atoms. The van der Waals surface area contributed by atoms with Crippen molar-refractivity contribution in [1.82, 2.24) is 15.6 Å². The highest BCUT2D eigenvalue weighted by atomic mass is 15.2. The van der Waals surface area contributed by atoms with E-state index in [4.69, 9.17) is 0 Å². The van der Waals surface area contributed by atoms with Crippen LogP contribution < -0.4 is 10.6 Å². The van der Waals surface area contributed by atoms with Crippen molar-refractivity contribution in [2.24, 2.45) is 4.99 Å². The lowest BCUT2D eigenvalue weighted by Crippen LogP contribution is -2.39. The van der Waals surface area contributed by atoms with E-state index in [0.717, 1.165) is 24.6 Å². The highest BCUT2D eigenvalue weighted by molar-refractivity contribution is 5.80. The van der Waals surface area contributed by atoms with Crippen molar-refractivity contribution in [2.75, 3.05) is 6.54 Å². The topological polar surface area (TPSA) is 49.3 Å². The van der Waals surface area contributed by atoms with Gasteiger partial charge in [0.05, 0.1) is 12.2 Å². The first kappa shape index (κ1) is 17.5. The second-order valence-corrected chi connectivity index (χ2v) is 6.93. The maximum atomic E-state index is 4.66. The average Bonchev–Trinajstić information content (AvgIpc) is 3.40. The number of nitrogens with zero attached hydrogens (tertiary/aromatic N) is 2. The van der Waals surface area contributed by atoms with Gasteiger partial charge in [0.1, 0.15) is 0 Å². The summed E-state index contributed by atoms with van der Waals surface area (Å²) in [5.74, 6) is 2.04. The summed E-state index contributed by atoms with van der Waals surface area (Å²) in [6, 6.07) is 15.5. The van der Waals surface area contributed by atoms with Crippen LogP contribution in [-0.4, -0.2) is 23.5 Å². The molecule has 25 heavy (non-hydrogen) atoms. The summed E-state index contributed by atoms with van der Waals surface area (Å²) >= 11 is 0. The van der Waals surface area contributed by atoms with E-state index in [1.54, 1.807) is 0 Å². The van der Waals surface area contributed by atoms with Gasteiger partial charge in [-0.1, -0.05) is 44.2 Å². The van der Waals surface area contributed by atoms with Crippen LogP contribution in [0.2, 0.25) is 0 Å². The zero-order chi connectivity index (χ0) is 17.6. The largest absolute Gasteiger partial charge is 0.357 e. The van der Waals surface area contributed by atoms with E-state index >= 15 is 0 Å². The Morgan fingerprint density at radius 3 is 2.64 bits per heavy atom. The molecule has 1 aliphatic rings. The van der Waals surface area contributed by atoms with Gasteiger partial charge in [-0.3, -0.25) is 4.98 Å². The monoisotopic (exact) mass is 336 g/mol. The second kappa shape index (κ2) is 8.15. The molecule has 0 amide bonds.